The third-order valence-corrected chi connectivity index (χ3v) is 33.0. The molecule has 0 N–H and O–H groups in total. The topological polar surface area (TPSA) is 0 Å². The van der Waals surface area contributed by atoms with Gasteiger partial charge in [0.25, 0.3) is 0 Å². The van der Waals surface area contributed by atoms with E-state index in [1.165, 1.54) is 148 Å². The Morgan fingerprint density at radius 3 is 0.800 bits per heavy atom. The highest BCUT2D eigenvalue weighted by Crippen LogP contribution is 2.52. The molecule has 0 aromatic carbocycles. The quantitative estimate of drug-likeness (QED) is 0.257. The van der Waals surface area contributed by atoms with Crippen molar-refractivity contribution in [3.05, 3.63) is 0 Å². The third-order valence-electron chi connectivity index (χ3n) is 33.0. The molecule has 0 nitrogen and oxygen atoms in total. The Kier molecular flexibility index (Phi) is 52.4. The first-order chi connectivity index (χ1) is 47.3. The lowest BCUT2D eigenvalue weighted by atomic mass is 9.56. The van der Waals surface area contributed by atoms with Crippen molar-refractivity contribution in [1.82, 2.24) is 0 Å². The minimum absolute atomic E-state index is 0.375. The number of rotatable bonds is 5. The Bertz CT molecular complexity index is 1940. The summed E-state index contributed by atoms with van der Waals surface area (Å²) in [5, 5.41) is 0. The van der Waals surface area contributed by atoms with Crippen LogP contribution in [0.3, 0.4) is 0 Å². The van der Waals surface area contributed by atoms with E-state index in [1.54, 1.807) is 51.4 Å². The highest BCUT2D eigenvalue weighted by molar-refractivity contribution is 4.93. The van der Waals surface area contributed by atoms with Gasteiger partial charge in [0.2, 0.25) is 0 Å². The minimum Gasteiger partial charge on any atom is -0.0651 e. The van der Waals surface area contributed by atoms with Gasteiger partial charge >= 0.3 is 0 Å². The molecule has 105 heavy (non-hydrogen) atoms. The van der Waals surface area contributed by atoms with Gasteiger partial charge in [-0.25, -0.2) is 0 Å². The average molecular weight is 1480 g/mol. The normalized spacial score (nSPS) is 27.9. The van der Waals surface area contributed by atoms with Crippen LogP contribution in [0.4, 0.5) is 0 Å². The van der Waals surface area contributed by atoms with Crippen molar-refractivity contribution in [1.29, 1.82) is 0 Å². The molecule has 0 aromatic rings. The van der Waals surface area contributed by atoms with Crippen LogP contribution in [-0.4, -0.2) is 0 Å². The molecule has 8 atom stereocenters. The second-order valence-corrected chi connectivity index (χ2v) is 49.0. The highest BCUT2D eigenvalue weighted by Gasteiger charge is 2.43. The van der Waals surface area contributed by atoms with Crippen molar-refractivity contribution >= 4 is 0 Å². The van der Waals surface area contributed by atoms with Crippen LogP contribution in [-0.2, 0) is 0 Å². The van der Waals surface area contributed by atoms with E-state index in [0.717, 1.165) is 112 Å². The second kappa shape index (κ2) is 50.4. The van der Waals surface area contributed by atoms with Gasteiger partial charge in [-0.2, -0.15) is 0 Å². The Labute approximate surface area is 673 Å². The Hall–Kier alpha value is 0. The standard InChI is InChI=1S/C11H24.2C10H22.2C9H20.2C8H14.5C8H16/c1-9(2,3)11(7,8)10(4,5)6;1-8(9(2,3)4)10(5,6)7;1-8(2)10(6,7)9(3,4)5;1-7(2)8(3)9(4,5)6;1-7(2)9(5,6)8(3)4;1-6-4-7-2-3-8(6)5-7;1-6-7-2-3-8(6)5-4-7;1-7-3-5-8(2)6-4-7;1-7-4-3-5-8(2)6-7;1-8(2)6-4-3-5-7-8;1-7-5-3-4-6-8(7)2;1-2-8-6-4-3-5-7-8/h1-8H3;2*8H,1-7H3;2*7-8H,1-6H3;2*6-8H,2-5H2,1H3;2*7-8H,3-6H2,1-2H3;3-7H2,1-2H3;7-8H,3-6H2,1-2H3;8H,2-7H2,1H3/t;;;8-;;6-,7?,8?;;;7-,8?;;7-,8?;/m...1.0..1.1./s1. The molecule has 9 rings (SSSR count). The maximum Gasteiger partial charge on any atom is -0.0257 e. The Morgan fingerprint density at radius 2 is 0.667 bits per heavy atom. The van der Waals surface area contributed by atoms with Crippen LogP contribution in [0.25, 0.3) is 0 Å². The molecule has 0 radical (unpaired) electrons. The van der Waals surface area contributed by atoms with Gasteiger partial charge in [0.15, 0.2) is 0 Å². The maximum absolute atomic E-state index is 2.44. The van der Waals surface area contributed by atoms with Gasteiger partial charge in [0.1, 0.15) is 0 Å². The first kappa shape index (κ1) is 109. The summed E-state index contributed by atoms with van der Waals surface area (Å²) in [6.45, 7) is 105. The van der Waals surface area contributed by atoms with Crippen LogP contribution in [0, 0.1) is 167 Å². The van der Waals surface area contributed by atoms with Crippen LogP contribution in [0.5, 0.6) is 0 Å². The lowest BCUT2D eigenvalue weighted by Gasteiger charge is -2.49. The fourth-order valence-electron chi connectivity index (χ4n) is 17.9. The van der Waals surface area contributed by atoms with Crippen LogP contribution >= 0.6 is 0 Å². The van der Waals surface area contributed by atoms with Crippen LogP contribution < -0.4 is 0 Å². The maximum atomic E-state index is 2.44. The Balaban J connectivity index is -0.00000108. The zero-order chi connectivity index (χ0) is 82.9. The predicted octanol–water partition coefficient (Wildman–Crippen LogP) is 37.5. The molecule has 0 heteroatoms. The molecule has 4 bridgehead atoms. The fraction of sp³-hybridized carbons (Fsp3) is 1.00. The number of hydrogen-bond donors (Lipinski definition) is 0. The molecule has 0 aromatic heterocycles. The summed E-state index contributed by atoms with van der Waals surface area (Å²) in [5.41, 5.74) is 4.54. The SMILES string of the molecule is CC(C(C)(C)C)C(C)(C)C.CC(C)(C)C(C)(C)C(C)(C)C.CC(C)C(C)(C)C(C)(C)C.CC(C)C(C)(C)C(C)C.CC(C)[C@@H](C)C(C)(C)C.CC1(C)CCCCC1.CC1C2CCC1CC2.CC1CCC(C)CC1.CC1CCCC[C@H]1C.CC1CCC[C@@H](C)C1.CCC1CCCCC1.C[C@H]1CC2CCC1C2. The molecule has 9 saturated carbocycles. The Morgan fingerprint density at radius 1 is 0.314 bits per heavy atom. The third kappa shape index (κ3) is 46.2. The van der Waals surface area contributed by atoms with Crippen LogP contribution in [0.2, 0.25) is 0 Å². The molecule has 0 aliphatic heterocycles. The predicted molar refractivity (Wildman–Crippen MR) is 489 cm³/mol. The van der Waals surface area contributed by atoms with Crippen LogP contribution in [0.1, 0.15) is 511 Å². The van der Waals surface area contributed by atoms with E-state index in [1.807, 2.05) is 0 Å². The first-order valence-corrected chi connectivity index (χ1v) is 47.3. The largest absolute Gasteiger partial charge is 0.0651 e. The average Bonchev–Trinajstić information content (AvgIpc) is 1.45. The van der Waals surface area contributed by atoms with Crippen molar-refractivity contribution in [3.8, 4) is 0 Å². The van der Waals surface area contributed by atoms with Gasteiger partial charge in [-0.1, -0.05) is 446 Å². The van der Waals surface area contributed by atoms with E-state index >= 15 is 0 Å². The minimum atomic E-state index is 0.375. The number of fused-ring (bicyclic) bond motifs is 4. The van der Waals surface area contributed by atoms with Gasteiger partial charge in [0.05, 0.1) is 0 Å². The van der Waals surface area contributed by atoms with E-state index < -0.39 is 0 Å². The lowest BCUT2D eigenvalue weighted by Crippen LogP contribution is -2.41. The van der Waals surface area contributed by atoms with E-state index in [2.05, 4.69) is 312 Å². The van der Waals surface area contributed by atoms with Gasteiger partial charge in [0, 0.05) is 0 Å². The summed E-state index contributed by atoms with van der Waals surface area (Å²) in [6.07, 6.45) is 46.3. The van der Waals surface area contributed by atoms with E-state index in [-0.39, 0.29) is 0 Å². The molecule has 4 unspecified atom stereocenters. The summed E-state index contributed by atoms with van der Waals surface area (Å²) >= 11 is 0. The summed E-state index contributed by atoms with van der Waals surface area (Å²) in [5.74, 6) is 18.6. The molecule has 0 spiro atoms. The van der Waals surface area contributed by atoms with E-state index in [9.17, 15) is 0 Å². The van der Waals surface area contributed by atoms with Gasteiger partial charge < -0.3 is 0 Å². The van der Waals surface area contributed by atoms with Gasteiger partial charge in [-0.3, -0.25) is 0 Å². The molecular formula is C105H216. The summed E-state index contributed by atoms with van der Waals surface area (Å²) < 4.78 is 0. The summed E-state index contributed by atoms with van der Waals surface area (Å²) in [6, 6.07) is 0. The van der Waals surface area contributed by atoms with Gasteiger partial charge in [-0.05, 0) is 231 Å². The molecule has 0 heterocycles. The molecular weight excluding hydrogens is 1260 g/mol. The lowest BCUT2D eigenvalue weighted by molar-refractivity contribution is 0.00575. The molecule has 9 fully saturated rings. The fourth-order valence-corrected chi connectivity index (χ4v) is 17.9. The van der Waals surface area contributed by atoms with Crippen molar-refractivity contribution in [2.24, 2.45) is 167 Å². The van der Waals surface area contributed by atoms with Crippen molar-refractivity contribution in [2.75, 3.05) is 0 Å². The molecule has 0 amide bonds. The van der Waals surface area contributed by atoms with Crippen molar-refractivity contribution in [2.45, 2.75) is 511 Å². The first-order valence-electron chi connectivity index (χ1n) is 47.3. The zero-order valence-corrected chi connectivity index (χ0v) is 82.9. The van der Waals surface area contributed by atoms with E-state index in [4.69, 9.17) is 0 Å². The van der Waals surface area contributed by atoms with E-state index in [0.29, 0.717) is 54.1 Å². The summed E-state index contributed by atoms with van der Waals surface area (Å²) in [7, 11) is 0. The zero-order valence-electron chi connectivity index (χ0n) is 82.9. The van der Waals surface area contributed by atoms with Crippen molar-refractivity contribution < 1.29 is 0 Å². The number of hydrogen-bond acceptors (Lipinski definition) is 0. The van der Waals surface area contributed by atoms with Crippen LogP contribution in [0.15, 0.2) is 0 Å². The second-order valence-electron chi connectivity index (χ2n) is 49.0. The molecule has 636 valence electrons. The molecule has 0 saturated heterocycles. The highest BCUT2D eigenvalue weighted by atomic mass is 14.5. The molecule has 9 aliphatic rings. The summed E-state index contributed by atoms with van der Waals surface area (Å²) in [4.78, 5) is 0. The molecule has 9 aliphatic carbocycles. The smallest absolute Gasteiger partial charge is 0.0257 e. The van der Waals surface area contributed by atoms with Gasteiger partial charge in [-0.15, -0.1) is 0 Å². The monoisotopic (exact) mass is 1480 g/mol. The van der Waals surface area contributed by atoms with Crippen molar-refractivity contribution in [3.63, 3.8) is 0 Å².